The largest absolute Gasteiger partial charge is 0.394 e. The molecule has 1 saturated carbocycles. The van der Waals surface area contributed by atoms with Crippen molar-refractivity contribution in [3.05, 3.63) is 29.8 Å². The average Bonchev–Trinajstić information content (AvgIpc) is 3.15. The van der Waals surface area contributed by atoms with Crippen molar-refractivity contribution < 1.29 is 19.5 Å². The van der Waals surface area contributed by atoms with Gasteiger partial charge in [0, 0.05) is 23.7 Å². The van der Waals surface area contributed by atoms with Gasteiger partial charge in [-0.15, -0.1) is 23.2 Å². The van der Waals surface area contributed by atoms with E-state index in [0.29, 0.717) is 37.1 Å². The summed E-state index contributed by atoms with van der Waals surface area (Å²) < 4.78 is -0.943. The fraction of sp³-hybridized carbons (Fsp3) is 0.500. The molecule has 1 aromatic rings. The lowest BCUT2D eigenvalue weighted by Crippen LogP contribution is -2.51. The van der Waals surface area contributed by atoms with Crippen molar-refractivity contribution in [2.24, 2.45) is 11.7 Å². The van der Waals surface area contributed by atoms with Crippen LogP contribution in [0.25, 0.3) is 0 Å². The Morgan fingerprint density at radius 1 is 1.32 bits per heavy atom. The molecule has 2 unspecified atom stereocenters. The van der Waals surface area contributed by atoms with Crippen LogP contribution < -0.4 is 16.4 Å². The summed E-state index contributed by atoms with van der Waals surface area (Å²) >= 11 is 12.1. The number of benzene rings is 1. The van der Waals surface area contributed by atoms with Gasteiger partial charge in [0.1, 0.15) is 16.1 Å². The summed E-state index contributed by atoms with van der Waals surface area (Å²) in [5.74, 6) is -1.75. The number of nitrogens with one attached hydrogen (secondary N) is 3. The number of carbonyl (C=O) groups excluding carboxylic acids is 3. The van der Waals surface area contributed by atoms with Crippen molar-refractivity contribution in [2.75, 3.05) is 25.0 Å². The Morgan fingerprint density at radius 2 is 2.00 bits per heavy atom. The molecular formula is C20H25Cl2N5O4. The summed E-state index contributed by atoms with van der Waals surface area (Å²) in [4.78, 5) is 38.4. The molecule has 3 amide bonds. The zero-order chi connectivity index (χ0) is 22.8. The Balaban J connectivity index is 1.61. The summed E-state index contributed by atoms with van der Waals surface area (Å²) in [5, 5.41) is 23.1. The molecule has 0 bridgehead atoms. The minimum absolute atomic E-state index is 0.120. The maximum Gasteiger partial charge on any atom is 0.267 e. The molecule has 9 nitrogen and oxygen atoms in total. The lowest BCUT2D eigenvalue weighted by Gasteiger charge is -2.26. The molecule has 168 valence electrons. The predicted octanol–water partition coefficient (Wildman–Crippen LogP) is 0.614. The third-order valence-electron chi connectivity index (χ3n) is 5.63. The number of para-hydroxylation sites is 1. The van der Waals surface area contributed by atoms with Crippen LogP contribution >= 0.6 is 23.2 Å². The van der Waals surface area contributed by atoms with Crippen LogP contribution in [0.5, 0.6) is 0 Å². The molecule has 1 heterocycles. The Morgan fingerprint density at radius 3 is 2.61 bits per heavy atom. The van der Waals surface area contributed by atoms with Gasteiger partial charge in [-0.05, 0) is 25.3 Å². The number of halogens is 2. The third kappa shape index (κ3) is 5.28. The molecule has 31 heavy (non-hydrogen) atoms. The van der Waals surface area contributed by atoms with Gasteiger partial charge in [0.05, 0.1) is 19.2 Å². The van der Waals surface area contributed by atoms with E-state index in [2.05, 4.69) is 10.6 Å². The highest BCUT2D eigenvalue weighted by atomic mass is 35.5. The fourth-order valence-corrected chi connectivity index (χ4v) is 4.46. The van der Waals surface area contributed by atoms with Crippen LogP contribution in [0.1, 0.15) is 24.8 Å². The number of hydrogen-bond donors (Lipinski definition) is 5. The first-order valence-corrected chi connectivity index (χ1v) is 10.7. The summed E-state index contributed by atoms with van der Waals surface area (Å²) in [5.41, 5.74) is 5.55. The van der Waals surface area contributed by atoms with E-state index in [4.69, 9.17) is 34.3 Å². The number of aliphatic hydroxyl groups excluding tert-OH is 1. The van der Waals surface area contributed by atoms with Gasteiger partial charge < -0.3 is 26.4 Å². The highest BCUT2D eigenvalue weighted by molar-refractivity contribution is 6.51. The van der Waals surface area contributed by atoms with E-state index in [1.807, 2.05) is 0 Å². The highest BCUT2D eigenvalue weighted by Crippen LogP contribution is 2.54. The fourth-order valence-electron chi connectivity index (χ4n) is 3.82. The summed E-state index contributed by atoms with van der Waals surface area (Å²) in [6.07, 6.45) is 1.67. The quantitative estimate of drug-likeness (QED) is 0.265. The molecule has 1 aliphatic carbocycles. The second kappa shape index (κ2) is 9.42. The van der Waals surface area contributed by atoms with Crippen molar-refractivity contribution in [3.63, 3.8) is 0 Å². The number of alkyl halides is 2. The van der Waals surface area contributed by atoms with Crippen LogP contribution in [0.4, 0.5) is 5.69 Å². The van der Waals surface area contributed by atoms with E-state index in [1.165, 1.54) is 4.90 Å². The molecule has 2 aliphatic rings. The molecule has 3 rings (SSSR count). The zero-order valence-corrected chi connectivity index (χ0v) is 18.2. The molecular weight excluding hydrogens is 445 g/mol. The van der Waals surface area contributed by atoms with Gasteiger partial charge in [0.15, 0.2) is 0 Å². The van der Waals surface area contributed by atoms with Crippen LogP contribution in [0.2, 0.25) is 0 Å². The third-order valence-corrected chi connectivity index (χ3v) is 6.50. The number of anilines is 1. The lowest BCUT2D eigenvalue weighted by molar-refractivity contribution is -0.137. The Labute approximate surface area is 189 Å². The molecule has 0 radical (unpaired) electrons. The van der Waals surface area contributed by atoms with Crippen molar-refractivity contribution in [2.45, 2.75) is 35.7 Å². The van der Waals surface area contributed by atoms with Crippen LogP contribution in [-0.2, 0) is 14.4 Å². The van der Waals surface area contributed by atoms with Crippen LogP contribution in [-0.4, -0.2) is 69.6 Å². The van der Waals surface area contributed by atoms with E-state index < -0.39 is 22.3 Å². The SMILES string of the molecule is N=C(C(N)=O)c1ccccc1NCC(=O)N1CCC[C@H]1C(=O)NC(CO)C1CC1(Cl)Cl. The number of amides is 3. The van der Waals surface area contributed by atoms with Crippen molar-refractivity contribution in [3.8, 4) is 0 Å². The van der Waals surface area contributed by atoms with Crippen LogP contribution in [0.3, 0.4) is 0 Å². The number of nitrogens with zero attached hydrogens (tertiary/aromatic N) is 1. The van der Waals surface area contributed by atoms with Gasteiger partial charge in [-0.25, -0.2) is 0 Å². The van der Waals surface area contributed by atoms with Gasteiger partial charge in [-0.1, -0.05) is 18.2 Å². The van der Waals surface area contributed by atoms with E-state index in [0.717, 1.165) is 0 Å². The van der Waals surface area contributed by atoms with E-state index in [-0.39, 0.29) is 36.6 Å². The first kappa shape index (κ1) is 23.3. The number of hydrogen-bond acceptors (Lipinski definition) is 6. The molecule has 0 spiro atoms. The van der Waals surface area contributed by atoms with Crippen molar-refractivity contribution >= 4 is 52.3 Å². The molecule has 0 aromatic heterocycles. The summed E-state index contributed by atoms with van der Waals surface area (Å²) in [6.45, 7) is 0.0211. The van der Waals surface area contributed by atoms with Gasteiger partial charge in [0.2, 0.25) is 11.8 Å². The number of carbonyl (C=O) groups is 3. The second-order valence-corrected chi connectivity index (χ2v) is 9.30. The molecule has 1 aromatic carbocycles. The van der Waals surface area contributed by atoms with Gasteiger partial charge in [-0.2, -0.15) is 0 Å². The van der Waals surface area contributed by atoms with Crippen LogP contribution in [0, 0.1) is 11.3 Å². The lowest BCUT2D eigenvalue weighted by atomic mass is 10.1. The summed E-state index contributed by atoms with van der Waals surface area (Å²) in [7, 11) is 0. The van der Waals surface area contributed by atoms with Gasteiger partial charge in [0.25, 0.3) is 5.91 Å². The Kier molecular flexibility index (Phi) is 7.08. The van der Waals surface area contributed by atoms with Gasteiger partial charge in [-0.3, -0.25) is 19.8 Å². The Bertz CT molecular complexity index is 894. The molecule has 11 heteroatoms. The molecule has 1 aliphatic heterocycles. The Hall–Kier alpha value is -2.36. The smallest absolute Gasteiger partial charge is 0.267 e. The standard InChI is InChI=1S/C20H25Cl2N5O4/c21-20(22)8-12(20)14(10-28)26-19(31)15-6-3-7-27(15)16(29)9-25-13-5-2-1-4-11(13)17(23)18(24)30/h1-2,4-5,12,14-15,23,25,28H,3,6-10H2,(H2,24,30)(H,26,31)/t12?,14?,15-/m0/s1. The molecule has 1 saturated heterocycles. The summed E-state index contributed by atoms with van der Waals surface area (Å²) in [6, 6.07) is 5.35. The first-order valence-electron chi connectivity index (χ1n) is 9.96. The van der Waals surface area contributed by atoms with Gasteiger partial charge >= 0.3 is 0 Å². The molecule has 2 fully saturated rings. The molecule has 6 N–H and O–H groups in total. The van der Waals surface area contributed by atoms with Crippen molar-refractivity contribution in [1.82, 2.24) is 10.2 Å². The van der Waals surface area contributed by atoms with E-state index in [1.54, 1.807) is 24.3 Å². The monoisotopic (exact) mass is 469 g/mol. The van der Waals surface area contributed by atoms with Crippen LogP contribution in [0.15, 0.2) is 24.3 Å². The van der Waals surface area contributed by atoms with E-state index in [9.17, 15) is 19.5 Å². The first-order chi connectivity index (χ1) is 14.7. The highest BCUT2D eigenvalue weighted by Gasteiger charge is 2.56. The maximum absolute atomic E-state index is 12.8. The van der Waals surface area contributed by atoms with Crippen molar-refractivity contribution in [1.29, 1.82) is 5.41 Å². The topological polar surface area (TPSA) is 149 Å². The maximum atomic E-state index is 12.8. The molecule has 3 atom stereocenters. The second-order valence-electron chi connectivity index (χ2n) is 7.75. The average molecular weight is 470 g/mol. The number of rotatable bonds is 9. The number of likely N-dealkylation sites (tertiary alicyclic amines) is 1. The zero-order valence-electron chi connectivity index (χ0n) is 16.7. The number of aliphatic hydroxyl groups is 1. The number of primary amides is 1. The normalized spacial score (nSPS) is 22.5. The number of nitrogens with two attached hydrogens (primary N) is 1. The van der Waals surface area contributed by atoms with E-state index >= 15 is 0 Å². The predicted molar refractivity (Wildman–Crippen MR) is 117 cm³/mol. The minimum Gasteiger partial charge on any atom is -0.394 e. The minimum atomic E-state index is -0.943.